The van der Waals surface area contributed by atoms with Crippen molar-refractivity contribution in [3.8, 4) is 0 Å². The predicted octanol–water partition coefficient (Wildman–Crippen LogP) is -8.20. The zero-order chi connectivity index (χ0) is 6.57. The smallest absolute Gasteiger partial charge is 0.550 e. The van der Waals surface area contributed by atoms with Crippen LogP contribution in [0.3, 0.4) is 0 Å². The molecule has 0 bridgehead atoms. The Balaban J connectivity index is -0.0000000408. The molecule has 0 heterocycles. The number of carbonyl (C=O) groups excluding carboxylic acids is 2. The van der Waals surface area contributed by atoms with E-state index in [1.165, 1.54) is 0 Å². The van der Waals surface area contributed by atoms with E-state index >= 15 is 0 Å². The second kappa shape index (κ2) is 17.1. The van der Waals surface area contributed by atoms with E-state index in [2.05, 4.69) is 0 Å². The third kappa shape index (κ3) is 32.9. The Morgan fingerprint density at radius 3 is 1.08 bits per heavy atom. The van der Waals surface area contributed by atoms with E-state index in [1.54, 1.807) is 0 Å². The molecule has 0 saturated carbocycles. The Morgan fingerprint density at radius 2 is 1.00 bits per heavy atom. The Kier molecular flexibility index (Phi) is 42.3. The molecular formula is C4H10NaO7-. The van der Waals surface area contributed by atoms with Crippen molar-refractivity contribution < 1.29 is 65.8 Å². The molecule has 70 valence electrons. The van der Waals surface area contributed by atoms with Crippen LogP contribution < -0.4 is 39.8 Å². The van der Waals surface area contributed by atoms with Crippen molar-refractivity contribution in [2.75, 3.05) is 0 Å². The number of rotatable bonds is 3. The minimum Gasteiger partial charge on any atom is -0.550 e. The zero-order valence-corrected chi connectivity index (χ0v) is 8.55. The van der Waals surface area contributed by atoms with Crippen LogP contribution >= 0.6 is 0 Å². The van der Waals surface area contributed by atoms with Gasteiger partial charge in [-0.25, -0.2) is 0 Å². The molecule has 0 amide bonds. The first kappa shape index (κ1) is 29.8. The molecule has 7 nitrogen and oxygen atoms in total. The summed E-state index contributed by atoms with van der Waals surface area (Å²) >= 11 is 0. The molecule has 0 aromatic heterocycles. The summed E-state index contributed by atoms with van der Waals surface area (Å²) in [6, 6.07) is 0. The van der Waals surface area contributed by atoms with Crippen LogP contribution in [0.15, 0.2) is 0 Å². The second-order valence-corrected chi connectivity index (χ2v) is 1.24. The topological polar surface area (TPSA) is 175 Å². The Bertz CT molecular complexity index is 100.0. The van der Waals surface area contributed by atoms with Gasteiger partial charge in [-0.15, -0.1) is 0 Å². The van der Waals surface area contributed by atoms with Crippen LogP contribution in [0.5, 0.6) is 0 Å². The number of hydrogen-bond acceptors (Lipinski definition) is 4. The summed E-state index contributed by atoms with van der Waals surface area (Å²) in [6.45, 7) is 0. The van der Waals surface area contributed by atoms with Crippen molar-refractivity contribution in [1.82, 2.24) is 0 Å². The Hall–Kier alpha value is -0.180. The molecule has 0 aliphatic heterocycles. The molecule has 0 aromatic rings. The number of aliphatic carboxylic acids is 2. The fourth-order valence-electron chi connectivity index (χ4n) is 0.204. The van der Waals surface area contributed by atoms with E-state index in [1.807, 2.05) is 0 Å². The normalized spacial score (nSPS) is 5.67. The Morgan fingerprint density at radius 1 is 0.833 bits per heavy atom. The molecule has 8 heteroatoms. The monoisotopic (exact) mass is 193 g/mol. The van der Waals surface area contributed by atoms with Crippen LogP contribution in [0.2, 0.25) is 0 Å². The molecule has 12 heavy (non-hydrogen) atoms. The first-order valence-corrected chi connectivity index (χ1v) is 2.02. The first-order valence-electron chi connectivity index (χ1n) is 2.02. The maximum atomic E-state index is 9.50. The van der Waals surface area contributed by atoms with Crippen molar-refractivity contribution in [2.45, 2.75) is 12.8 Å². The summed E-state index contributed by atoms with van der Waals surface area (Å²) in [6.07, 6.45) is -0.940. The maximum Gasteiger partial charge on any atom is 1.00 e. The van der Waals surface area contributed by atoms with E-state index in [9.17, 15) is 19.8 Å². The molecule has 0 radical (unpaired) electrons. The van der Waals surface area contributed by atoms with Crippen LogP contribution in [0, 0.1) is 0 Å². The van der Waals surface area contributed by atoms with Gasteiger partial charge in [-0.1, -0.05) is 0 Å². The fraction of sp³-hybridized carbons (Fsp3) is 0.500. The number of carbonyl (C=O) groups is 2. The second-order valence-electron chi connectivity index (χ2n) is 1.24. The average molecular weight is 193 g/mol. The molecule has 0 spiro atoms. The Labute approximate surface area is 90.6 Å². The van der Waals surface area contributed by atoms with Crippen LogP contribution in [0.4, 0.5) is 0 Å². The fourth-order valence-corrected chi connectivity index (χ4v) is 0.204. The predicted molar refractivity (Wildman–Crippen MR) is 30.1 cm³/mol. The van der Waals surface area contributed by atoms with E-state index in [0.29, 0.717) is 0 Å². The largest absolute Gasteiger partial charge is 1.00 e. The molecular weight excluding hydrogens is 183 g/mol. The van der Waals surface area contributed by atoms with Crippen LogP contribution in [-0.2, 0) is 9.59 Å². The molecule has 0 fully saturated rings. The van der Waals surface area contributed by atoms with Gasteiger partial charge in [-0.2, -0.15) is 0 Å². The molecule has 0 unspecified atom stereocenters. The summed E-state index contributed by atoms with van der Waals surface area (Å²) in [5.74, 6) is -2.73. The summed E-state index contributed by atoms with van der Waals surface area (Å²) in [5, 5.41) is 19.0. The molecule has 0 aliphatic carbocycles. The molecule has 0 rings (SSSR count). The van der Waals surface area contributed by atoms with E-state index < -0.39 is 24.8 Å². The minimum atomic E-state index is -1.37. The van der Waals surface area contributed by atoms with Gasteiger partial charge < -0.3 is 36.2 Å². The number of carboxylic acid groups (broad SMARTS) is 2. The van der Waals surface area contributed by atoms with E-state index in [0.717, 1.165) is 0 Å². The molecule has 6 N–H and O–H groups in total. The number of carboxylic acids is 2. The zero-order valence-electron chi connectivity index (χ0n) is 6.55. The van der Waals surface area contributed by atoms with Gasteiger partial charge in [-0.3, -0.25) is 0 Å². The average Bonchev–Trinajstić information content (AvgIpc) is 1.61. The molecule has 0 aromatic carbocycles. The maximum absolute atomic E-state index is 9.50. The van der Waals surface area contributed by atoms with Crippen molar-refractivity contribution >= 4 is 11.9 Å². The first-order chi connectivity index (χ1) is 3.63. The van der Waals surface area contributed by atoms with Gasteiger partial charge in [0.1, 0.15) is 0 Å². The van der Waals surface area contributed by atoms with Gasteiger partial charge in [0.2, 0.25) is 0 Å². The van der Waals surface area contributed by atoms with Gasteiger partial charge in [0.15, 0.2) is 0 Å². The molecule has 0 saturated heterocycles. The molecule has 0 aliphatic rings. The summed E-state index contributed by atoms with van der Waals surface area (Å²) in [5.41, 5.74) is 0. The quantitative estimate of drug-likeness (QED) is 0.404. The summed E-state index contributed by atoms with van der Waals surface area (Å²) in [4.78, 5) is 19.0. The summed E-state index contributed by atoms with van der Waals surface area (Å²) in [7, 11) is 0. The van der Waals surface area contributed by atoms with Gasteiger partial charge in [0.05, 0.1) is 0 Å². The minimum absolute atomic E-state index is 0. The van der Waals surface area contributed by atoms with Crippen molar-refractivity contribution in [3.05, 3.63) is 0 Å². The van der Waals surface area contributed by atoms with Crippen LogP contribution in [0.25, 0.3) is 0 Å². The van der Waals surface area contributed by atoms with Gasteiger partial charge in [0.25, 0.3) is 0 Å². The SMILES string of the molecule is O.O.O.O=C([O-])CCC(=O)[O-].[Na+]. The number of hydrogen-bond donors (Lipinski definition) is 0. The van der Waals surface area contributed by atoms with Crippen molar-refractivity contribution in [3.63, 3.8) is 0 Å². The van der Waals surface area contributed by atoms with Crippen LogP contribution in [-0.4, -0.2) is 28.4 Å². The molecule has 0 atom stereocenters. The van der Waals surface area contributed by atoms with Crippen molar-refractivity contribution in [1.29, 1.82) is 0 Å². The van der Waals surface area contributed by atoms with E-state index in [-0.39, 0.29) is 46.0 Å². The van der Waals surface area contributed by atoms with Gasteiger partial charge in [0, 0.05) is 11.9 Å². The third-order valence-electron chi connectivity index (χ3n) is 0.533. The van der Waals surface area contributed by atoms with Gasteiger partial charge in [-0.05, 0) is 12.8 Å². The van der Waals surface area contributed by atoms with E-state index in [4.69, 9.17) is 0 Å². The standard InChI is InChI=1S/C4H6O4.Na.3H2O/c5-3(6)1-2-4(7)8;;;;/h1-2H2,(H,5,6)(H,7,8);;3*1H2/q;+1;;;/p-2. The van der Waals surface area contributed by atoms with Gasteiger partial charge >= 0.3 is 29.6 Å². The van der Waals surface area contributed by atoms with Crippen molar-refractivity contribution in [2.24, 2.45) is 0 Å². The summed E-state index contributed by atoms with van der Waals surface area (Å²) < 4.78 is 0. The van der Waals surface area contributed by atoms with Crippen LogP contribution in [0.1, 0.15) is 12.8 Å². The third-order valence-corrected chi connectivity index (χ3v) is 0.533.